The van der Waals surface area contributed by atoms with Gasteiger partial charge >= 0.3 is 0 Å². The molecule has 172 valence electrons. The number of benzene rings is 3. The highest BCUT2D eigenvalue weighted by Gasteiger charge is 2.44. The van der Waals surface area contributed by atoms with E-state index in [2.05, 4.69) is 24.3 Å². The summed E-state index contributed by atoms with van der Waals surface area (Å²) in [6.07, 6.45) is 6.77. The molecule has 4 nitrogen and oxygen atoms in total. The Labute approximate surface area is 206 Å². The Kier molecular flexibility index (Phi) is 6.41. The topological polar surface area (TPSA) is 56.5 Å². The number of nitriles is 1. The zero-order valence-electron chi connectivity index (χ0n) is 19.8. The fourth-order valence-corrected chi connectivity index (χ4v) is 5.00. The molecule has 0 N–H and O–H groups in total. The Morgan fingerprint density at radius 2 is 1.66 bits per heavy atom. The molecule has 1 heterocycles. The van der Waals surface area contributed by atoms with Gasteiger partial charge < -0.3 is 0 Å². The lowest BCUT2D eigenvalue weighted by atomic mass is 9.77. The molecule has 0 bridgehead atoms. The molecule has 0 radical (unpaired) electrons. The standard InChI is InChI=1S/C31H27N3O/c1-22-15-17-24(18-16-22)20-27(21-32)31(35)34-30(25-11-6-3-7-12-25)28-14-8-13-26(29(28)33-34)19-23-9-4-2-5-10-23/h2-7,9-12,15-20,28,30H,8,13-14H2,1H3. The molecule has 1 saturated carbocycles. The van der Waals surface area contributed by atoms with Gasteiger partial charge in [-0.25, -0.2) is 5.01 Å². The van der Waals surface area contributed by atoms with Crippen LogP contribution < -0.4 is 0 Å². The van der Waals surface area contributed by atoms with Gasteiger partial charge in [0.05, 0.1) is 11.8 Å². The summed E-state index contributed by atoms with van der Waals surface area (Å²) >= 11 is 0. The van der Waals surface area contributed by atoms with Gasteiger partial charge in [0, 0.05) is 5.92 Å². The number of carbonyl (C=O) groups excluding carboxylic acids is 1. The van der Waals surface area contributed by atoms with E-state index in [0.717, 1.165) is 47.2 Å². The Bertz CT molecular complexity index is 1350. The number of allylic oxidation sites excluding steroid dienone is 1. The van der Waals surface area contributed by atoms with Crippen LogP contribution in [0.2, 0.25) is 0 Å². The molecule has 4 heteroatoms. The minimum atomic E-state index is -0.358. The van der Waals surface area contributed by atoms with Gasteiger partial charge in [0.2, 0.25) is 0 Å². The van der Waals surface area contributed by atoms with Crippen LogP contribution in [0.15, 0.2) is 101 Å². The average molecular weight is 458 g/mol. The van der Waals surface area contributed by atoms with Crippen LogP contribution in [0.25, 0.3) is 12.2 Å². The van der Waals surface area contributed by atoms with Crippen LogP contribution >= 0.6 is 0 Å². The second-order valence-corrected chi connectivity index (χ2v) is 9.15. The monoisotopic (exact) mass is 457 g/mol. The number of hydrazone groups is 1. The summed E-state index contributed by atoms with van der Waals surface area (Å²) in [5, 5.41) is 16.4. The van der Waals surface area contributed by atoms with Crippen molar-refractivity contribution < 1.29 is 4.79 Å². The number of rotatable bonds is 4. The van der Waals surface area contributed by atoms with Crippen LogP contribution in [0, 0.1) is 24.2 Å². The van der Waals surface area contributed by atoms with Crippen molar-refractivity contribution in [1.29, 1.82) is 5.26 Å². The first-order valence-corrected chi connectivity index (χ1v) is 12.1. The summed E-state index contributed by atoms with van der Waals surface area (Å²) in [5.74, 6) is -0.257. The number of hydrogen-bond donors (Lipinski definition) is 0. The molecule has 5 rings (SSSR count). The van der Waals surface area contributed by atoms with E-state index < -0.39 is 0 Å². The van der Waals surface area contributed by atoms with Crippen molar-refractivity contribution >= 4 is 23.8 Å². The van der Waals surface area contributed by atoms with Crippen molar-refractivity contribution in [3.8, 4) is 6.07 Å². The van der Waals surface area contributed by atoms with Crippen LogP contribution in [0.5, 0.6) is 0 Å². The van der Waals surface area contributed by atoms with E-state index in [9.17, 15) is 10.1 Å². The molecule has 1 aliphatic carbocycles. The van der Waals surface area contributed by atoms with E-state index in [1.54, 1.807) is 11.1 Å². The summed E-state index contributed by atoms with van der Waals surface area (Å²) in [6, 6.07) is 30.0. The Hall–Kier alpha value is -4.23. The van der Waals surface area contributed by atoms with Crippen LogP contribution in [0.3, 0.4) is 0 Å². The third-order valence-electron chi connectivity index (χ3n) is 6.73. The molecular weight excluding hydrogens is 430 g/mol. The highest BCUT2D eigenvalue weighted by atomic mass is 16.2. The normalized spacial score (nSPS) is 20.8. The average Bonchev–Trinajstić information content (AvgIpc) is 3.30. The maximum Gasteiger partial charge on any atom is 0.285 e. The molecular formula is C31H27N3O. The van der Waals surface area contributed by atoms with E-state index in [4.69, 9.17) is 5.10 Å². The molecule has 1 fully saturated rings. The molecule has 1 amide bonds. The molecule has 0 saturated heterocycles. The highest BCUT2D eigenvalue weighted by molar-refractivity contribution is 6.10. The highest BCUT2D eigenvalue weighted by Crippen LogP contribution is 2.44. The van der Waals surface area contributed by atoms with Gasteiger partial charge in [-0.05, 0) is 60.6 Å². The fourth-order valence-electron chi connectivity index (χ4n) is 5.00. The third kappa shape index (κ3) is 4.72. The quantitative estimate of drug-likeness (QED) is 0.322. The predicted octanol–water partition coefficient (Wildman–Crippen LogP) is 6.73. The third-order valence-corrected chi connectivity index (χ3v) is 6.73. The maximum atomic E-state index is 13.7. The molecule has 0 spiro atoms. The zero-order chi connectivity index (χ0) is 24.2. The number of hydrogen-bond acceptors (Lipinski definition) is 3. The van der Waals surface area contributed by atoms with Gasteiger partial charge in [-0.15, -0.1) is 0 Å². The SMILES string of the molecule is Cc1ccc(C=C(C#N)C(=O)N2N=C3C(=Cc4ccccc4)CCCC3C2c2ccccc2)cc1. The first kappa shape index (κ1) is 22.6. The van der Waals surface area contributed by atoms with Crippen LogP contribution in [0.1, 0.15) is 47.6 Å². The van der Waals surface area contributed by atoms with Gasteiger partial charge in [-0.1, -0.05) is 90.5 Å². The smallest absolute Gasteiger partial charge is 0.266 e. The minimum absolute atomic E-state index is 0.0892. The first-order chi connectivity index (χ1) is 17.1. The second kappa shape index (κ2) is 9.95. The number of fused-ring (bicyclic) bond motifs is 1. The van der Waals surface area contributed by atoms with E-state index in [0.29, 0.717) is 0 Å². The largest absolute Gasteiger partial charge is 0.285 e. The molecule has 1 aliphatic heterocycles. The van der Waals surface area contributed by atoms with Crippen molar-refractivity contribution in [2.75, 3.05) is 0 Å². The van der Waals surface area contributed by atoms with E-state index in [-0.39, 0.29) is 23.4 Å². The van der Waals surface area contributed by atoms with Crippen molar-refractivity contribution in [2.24, 2.45) is 11.0 Å². The van der Waals surface area contributed by atoms with Gasteiger partial charge in [-0.2, -0.15) is 10.4 Å². The predicted molar refractivity (Wildman–Crippen MR) is 140 cm³/mol. The van der Waals surface area contributed by atoms with Crippen LogP contribution in [-0.2, 0) is 4.79 Å². The Balaban J connectivity index is 1.56. The lowest BCUT2D eigenvalue weighted by molar-refractivity contribution is -0.129. The molecule has 2 aliphatic rings. The fraction of sp³-hybridized carbons (Fsp3) is 0.194. The summed E-state index contributed by atoms with van der Waals surface area (Å²) < 4.78 is 0. The zero-order valence-corrected chi connectivity index (χ0v) is 19.8. The molecule has 3 aromatic rings. The number of amides is 1. The van der Waals surface area contributed by atoms with Gasteiger partial charge in [-0.3, -0.25) is 4.79 Å². The van der Waals surface area contributed by atoms with E-state index in [1.807, 2.05) is 79.7 Å². The first-order valence-electron chi connectivity index (χ1n) is 12.1. The number of aryl methyl sites for hydroxylation is 1. The van der Waals surface area contributed by atoms with Crippen molar-refractivity contribution in [1.82, 2.24) is 5.01 Å². The summed E-state index contributed by atoms with van der Waals surface area (Å²) in [5.41, 5.74) is 6.35. The number of carbonyl (C=O) groups is 1. The van der Waals surface area contributed by atoms with Gasteiger partial charge in [0.25, 0.3) is 5.91 Å². The van der Waals surface area contributed by atoms with Crippen LogP contribution in [0.4, 0.5) is 0 Å². The maximum absolute atomic E-state index is 13.7. The summed E-state index contributed by atoms with van der Waals surface area (Å²) in [7, 11) is 0. The lowest BCUT2D eigenvalue weighted by Crippen LogP contribution is -2.32. The Morgan fingerprint density at radius 3 is 2.34 bits per heavy atom. The van der Waals surface area contributed by atoms with Crippen LogP contribution in [-0.4, -0.2) is 16.6 Å². The second-order valence-electron chi connectivity index (χ2n) is 9.15. The molecule has 0 aromatic heterocycles. The van der Waals surface area contributed by atoms with Crippen molar-refractivity contribution in [3.05, 3.63) is 118 Å². The molecule has 2 atom stereocenters. The molecule has 2 unspecified atom stereocenters. The summed E-state index contributed by atoms with van der Waals surface area (Å²) in [4.78, 5) is 13.7. The van der Waals surface area contributed by atoms with Gasteiger partial charge in [0.15, 0.2) is 0 Å². The van der Waals surface area contributed by atoms with Crippen molar-refractivity contribution in [3.63, 3.8) is 0 Å². The molecule has 3 aromatic carbocycles. The minimum Gasteiger partial charge on any atom is -0.266 e. The van der Waals surface area contributed by atoms with E-state index >= 15 is 0 Å². The number of nitrogens with zero attached hydrogens (tertiary/aromatic N) is 3. The molecule has 35 heavy (non-hydrogen) atoms. The Morgan fingerprint density at radius 1 is 0.971 bits per heavy atom. The van der Waals surface area contributed by atoms with Gasteiger partial charge in [0.1, 0.15) is 11.6 Å². The summed E-state index contributed by atoms with van der Waals surface area (Å²) in [6.45, 7) is 2.01. The lowest BCUT2D eigenvalue weighted by Gasteiger charge is -2.29. The van der Waals surface area contributed by atoms with Crippen molar-refractivity contribution in [2.45, 2.75) is 32.2 Å². The van der Waals surface area contributed by atoms with E-state index in [1.165, 1.54) is 5.57 Å².